The van der Waals surface area contributed by atoms with Crippen LogP contribution < -0.4 is 11.3 Å². The van der Waals surface area contributed by atoms with Crippen molar-refractivity contribution in [3.05, 3.63) is 51.1 Å². The Bertz CT molecular complexity index is 722. The van der Waals surface area contributed by atoms with Crippen molar-refractivity contribution in [2.75, 3.05) is 0 Å². The number of rotatable bonds is 3. The summed E-state index contributed by atoms with van der Waals surface area (Å²) in [7, 11) is 0. The number of hydrogen-bond donors (Lipinski definition) is 2. The highest BCUT2D eigenvalue weighted by Gasteiger charge is 2.20. The van der Waals surface area contributed by atoms with E-state index in [-0.39, 0.29) is 6.04 Å². The minimum atomic E-state index is -0.270. The Hall–Kier alpha value is -1.40. The van der Waals surface area contributed by atoms with Crippen molar-refractivity contribution < 1.29 is 4.42 Å². The zero-order valence-electron chi connectivity index (χ0n) is 10.2. The lowest BCUT2D eigenvalue weighted by atomic mass is 10.1. The van der Waals surface area contributed by atoms with Gasteiger partial charge in [-0.1, -0.05) is 23.7 Å². The molecule has 2 aromatic heterocycles. The molecule has 0 saturated heterocycles. The van der Waals surface area contributed by atoms with E-state index in [9.17, 15) is 0 Å². The first-order chi connectivity index (χ1) is 9.19. The van der Waals surface area contributed by atoms with Crippen molar-refractivity contribution in [1.82, 2.24) is 10.4 Å². The standard InChI is InChI=1S/C13H12ClN3OS/c1-7-16-10(6-19-7)12(17-15)11-5-8-3-2-4-9(14)13(8)18-11/h2-6,12,17H,15H2,1H3. The second-order valence-corrected chi connectivity index (χ2v) is 5.67. The van der Waals surface area contributed by atoms with Gasteiger partial charge in [0.2, 0.25) is 0 Å². The fourth-order valence-electron chi connectivity index (χ4n) is 2.02. The van der Waals surface area contributed by atoms with Crippen molar-refractivity contribution in [3.63, 3.8) is 0 Å². The fourth-order valence-corrected chi connectivity index (χ4v) is 2.87. The first-order valence-corrected chi connectivity index (χ1v) is 7.01. The summed E-state index contributed by atoms with van der Waals surface area (Å²) in [5.41, 5.74) is 4.26. The number of fused-ring (bicyclic) bond motifs is 1. The quantitative estimate of drug-likeness (QED) is 0.574. The summed E-state index contributed by atoms with van der Waals surface area (Å²) in [6.45, 7) is 1.96. The predicted octanol–water partition coefficient (Wildman–Crippen LogP) is 3.40. The maximum atomic E-state index is 6.11. The van der Waals surface area contributed by atoms with Crippen LogP contribution in [-0.4, -0.2) is 4.98 Å². The number of aryl methyl sites for hydroxylation is 1. The molecule has 0 spiro atoms. The summed E-state index contributed by atoms with van der Waals surface area (Å²) in [6, 6.07) is 7.30. The van der Waals surface area contributed by atoms with Crippen molar-refractivity contribution in [2.24, 2.45) is 5.84 Å². The molecule has 6 heteroatoms. The van der Waals surface area contributed by atoms with Crippen LogP contribution in [0.1, 0.15) is 22.5 Å². The predicted molar refractivity (Wildman–Crippen MR) is 77.2 cm³/mol. The molecule has 0 aliphatic carbocycles. The van der Waals surface area contributed by atoms with E-state index < -0.39 is 0 Å². The van der Waals surface area contributed by atoms with Crippen LogP contribution in [0.5, 0.6) is 0 Å². The number of hydrogen-bond acceptors (Lipinski definition) is 5. The molecule has 0 aliphatic rings. The second kappa shape index (κ2) is 4.94. The molecule has 1 unspecified atom stereocenters. The highest BCUT2D eigenvalue weighted by molar-refractivity contribution is 7.09. The number of furan rings is 1. The van der Waals surface area contributed by atoms with E-state index in [0.29, 0.717) is 16.4 Å². The number of para-hydroxylation sites is 1. The molecule has 98 valence electrons. The van der Waals surface area contributed by atoms with Crippen molar-refractivity contribution >= 4 is 33.9 Å². The van der Waals surface area contributed by atoms with Crippen LogP contribution in [0.15, 0.2) is 34.1 Å². The Morgan fingerprint density at radius 2 is 2.32 bits per heavy atom. The SMILES string of the molecule is Cc1nc(C(NN)c2cc3cccc(Cl)c3o2)cs1. The highest BCUT2D eigenvalue weighted by atomic mass is 35.5. The van der Waals surface area contributed by atoms with Gasteiger partial charge in [0.15, 0.2) is 5.58 Å². The molecule has 3 N–H and O–H groups in total. The van der Waals surface area contributed by atoms with Gasteiger partial charge in [0, 0.05) is 10.8 Å². The van der Waals surface area contributed by atoms with Gasteiger partial charge in [-0.05, 0) is 19.1 Å². The van der Waals surface area contributed by atoms with Gasteiger partial charge in [-0.3, -0.25) is 5.84 Å². The first kappa shape index (κ1) is 12.6. The van der Waals surface area contributed by atoms with Crippen LogP contribution >= 0.6 is 22.9 Å². The third kappa shape index (κ3) is 2.26. The maximum Gasteiger partial charge on any atom is 0.152 e. The van der Waals surface area contributed by atoms with Crippen molar-refractivity contribution in [1.29, 1.82) is 0 Å². The molecular formula is C13H12ClN3OS. The second-order valence-electron chi connectivity index (χ2n) is 4.20. The molecule has 0 saturated carbocycles. The van der Waals surface area contributed by atoms with Gasteiger partial charge in [-0.2, -0.15) is 0 Å². The number of thiazole rings is 1. The number of nitrogens with zero attached hydrogens (tertiary/aromatic N) is 1. The van der Waals surface area contributed by atoms with Gasteiger partial charge in [0.25, 0.3) is 0 Å². The van der Waals surface area contributed by atoms with Crippen LogP contribution in [-0.2, 0) is 0 Å². The third-order valence-electron chi connectivity index (χ3n) is 2.90. The minimum absolute atomic E-state index is 0.270. The molecule has 2 heterocycles. The van der Waals surface area contributed by atoms with Crippen LogP contribution in [0.3, 0.4) is 0 Å². The van der Waals surface area contributed by atoms with Crippen molar-refractivity contribution in [3.8, 4) is 0 Å². The summed E-state index contributed by atoms with van der Waals surface area (Å²) in [5, 5.41) is 4.50. The van der Waals surface area contributed by atoms with Gasteiger partial charge in [0.1, 0.15) is 11.8 Å². The number of hydrazine groups is 1. The number of aromatic nitrogens is 1. The lowest BCUT2D eigenvalue weighted by molar-refractivity contribution is 0.472. The molecule has 1 atom stereocenters. The molecule has 4 nitrogen and oxygen atoms in total. The number of halogens is 1. The zero-order chi connectivity index (χ0) is 13.4. The molecule has 19 heavy (non-hydrogen) atoms. The molecule has 0 bridgehead atoms. The third-order valence-corrected chi connectivity index (χ3v) is 3.99. The molecule has 0 amide bonds. The number of nitrogens with two attached hydrogens (primary N) is 1. The van der Waals surface area contributed by atoms with Gasteiger partial charge < -0.3 is 4.42 Å². The normalized spacial score (nSPS) is 13.0. The summed E-state index contributed by atoms with van der Waals surface area (Å²) in [6.07, 6.45) is 0. The van der Waals surface area contributed by atoms with E-state index in [1.807, 2.05) is 30.5 Å². The number of nitrogens with one attached hydrogen (secondary N) is 1. The zero-order valence-corrected chi connectivity index (χ0v) is 11.8. The highest BCUT2D eigenvalue weighted by Crippen LogP contribution is 2.31. The van der Waals surface area contributed by atoms with Gasteiger partial charge in [-0.25, -0.2) is 10.4 Å². The number of benzene rings is 1. The van der Waals surface area contributed by atoms with Crippen LogP contribution in [0.4, 0.5) is 0 Å². The van der Waals surface area contributed by atoms with Crippen molar-refractivity contribution in [2.45, 2.75) is 13.0 Å². The summed E-state index contributed by atoms with van der Waals surface area (Å²) < 4.78 is 5.81. The van der Waals surface area contributed by atoms with E-state index in [4.69, 9.17) is 21.9 Å². The average molecular weight is 294 g/mol. The lowest BCUT2D eigenvalue weighted by Gasteiger charge is -2.09. The van der Waals surface area contributed by atoms with E-state index >= 15 is 0 Å². The van der Waals surface area contributed by atoms with Crippen LogP contribution in [0.25, 0.3) is 11.0 Å². The summed E-state index contributed by atoms with van der Waals surface area (Å²) in [4.78, 5) is 4.43. The largest absolute Gasteiger partial charge is 0.457 e. The summed E-state index contributed by atoms with van der Waals surface area (Å²) >= 11 is 7.69. The molecule has 0 radical (unpaired) electrons. The van der Waals surface area contributed by atoms with E-state index in [0.717, 1.165) is 16.1 Å². The Morgan fingerprint density at radius 1 is 1.47 bits per heavy atom. The van der Waals surface area contributed by atoms with Gasteiger partial charge in [0.05, 0.1) is 15.7 Å². The average Bonchev–Trinajstić information content (AvgIpc) is 2.98. The lowest BCUT2D eigenvalue weighted by Crippen LogP contribution is -2.28. The molecule has 3 rings (SSSR count). The first-order valence-electron chi connectivity index (χ1n) is 5.75. The van der Waals surface area contributed by atoms with E-state index in [1.165, 1.54) is 0 Å². The van der Waals surface area contributed by atoms with Gasteiger partial charge >= 0.3 is 0 Å². The molecule has 0 fully saturated rings. The Morgan fingerprint density at radius 3 is 2.95 bits per heavy atom. The Labute approximate surface area is 119 Å². The van der Waals surface area contributed by atoms with E-state index in [2.05, 4.69) is 10.4 Å². The Balaban J connectivity index is 2.09. The molecule has 3 aromatic rings. The van der Waals surface area contributed by atoms with Crippen LogP contribution in [0, 0.1) is 6.92 Å². The topological polar surface area (TPSA) is 64.1 Å². The summed E-state index contributed by atoms with van der Waals surface area (Å²) in [5.74, 6) is 6.33. The molecular weight excluding hydrogens is 282 g/mol. The Kier molecular flexibility index (Phi) is 3.28. The fraction of sp³-hybridized carbons (Fsp3) is 0.154. The van der Waals surface area contributed by atoms with Gasteiger partial charge in [-0.15, -0.1) is 11.3 Å². The molecule has 0 aliphatic heterocycles. The monoisotopic (exact) mass is 293 g/mol. The van der Waals surface area contributed by atoms with E-state index in [1.54, 1.807) is 17.4 Å². The van der Waals surface area contributed by atoms with Crippen LogP contribution in [0.2, 0.25) is 5.02 Å². The minimum Gasteiger partial charge on any atom is -0.457 e. The smallest absolute Gasteiger partial charge is 0.152 e. The molecule has 1 aromatic carbocycles. The maximum absolute atomic E-state index is 6.11.